The Labute approximate surface area is 263 Å². The number of methoxy groups -OCH3 is 1. The van der Waals surface area contributed by atoms with Gasteiger partial charge >= 0.3 is 6.03 Å². The molecule has 4 aliphatic rings. The van der Waals surface area contributed by atoms with Crippen molar-refractivity contribution in [3.63, 3.8) is 0 Å². The zero-order chi connectivity index (χ0) is 31.8. The third-order valence-electron chi connectivity index (χ3n) is 9.93. The number of hydrogen-bond donors (Lipinski definition) is 2. The van der Waals surface area contributed by atoms with Crippen LogP contribution in [0.15, 0.2) is 84.4 Å². The fraction of sp³-hybridized carbons (Fsp3) is 0.265. The largest absolute Gasteiger partial charge is 0.508 e. The third-order valence-corrected chi connectivity index (χ3v) is 10.2. The van der Waals surface area contributed by atoms with Crippen LogP contribution in [0.2, 0.25) is 5.02 Å². The van der Waals surface area contributed by atoms with E-state index >= 15 is 4.79 Å². The van der Waals surface area contributed by atoms with Crippen molar-refractivity contribution in [2.24, 2.45) is 29.4 Å². The molecule has 6 unspecified atom stereocenters. The maximum atomic E-state index is 15.1. The summed E-state index contributed by atoms with van der Waals surface area (Å²) in [4.78, 5) is 70.5. The molecule has 45 heavy (non-hydrogen) atoms. The van der Waals surface area contributed by atoms with Crippen molar-refractivity contribution >= 4 is 46.9 Å². The van der Waals surface area contributed by atoms with Crippen LogP contribution in [0.3, 0.4) is 0 Å². The summed E-state index contributed by atoms with van der Waals surface area (Å²) in [6.07, 6.45) is 1.98. The Morgan fingerprint density at radius 2 is 1.71 bits per heavy atom. The van der Waals surface area contributed by atoms with Crippen molar-refractivity contribution in [1.29, 1.82) is 0 Å². The number of hydrogen-bond acceptors (Lipinski definition) is 7. The quantitative estimate of drug-likeness (QED) is 0.325. The summed E-state index contributed by atoms with van der Waals surface area (Å²) < 4.78 is 5.51. The number of likely N-dealkylation sites (tertiary alicyclic amines) is 1. The molecule has 0 bridgehead atoms. The van der Waals surface area contributed by atoms with Crippen molar-refractivity contribution < 1.29 is 33.8 Å². The Hall–Kier alpha value is -4.96. The van der Waals surface area contributed by atoms with Gasteiger partial charge in [-0.3, -0.25) is 19.2 Å². The van der Waals surface area contributed by atoms with Crippen LogP contribution in [0, 0.1) is 23.7 Å². The number of rotatable bonds is 4. The number of phenolic OH excluding ortho intramolecular Hbond substituents is 1. The SMILES string of the molecule is COc1ccc(O)c(C2C3=CCC4C(=O)N(C(N)=O)C(=O)C4C3CC3C(=O)N(c4cccc(Cl)c4)C(=O)C32c2ccccc2)c1. The molecule has 2 heterocycles. The highest BCUT2D eigenvalue weighted by Gasteiger charge is 2.70. The molecule has 0 spiro atoms. The lowest BCUT2D eigenvalue weighted by Gasteiger charge is -2.50. The molecule has 2 saturated heterocycles. The molecule has 0 radical (unpaired) electrons. The minimum Gasteiger partial charge on any atom is -0.508 e. The molecule has 3 aromatic rings. The number of aromatic hydroxyl groups is 1. The van der Waals surface area contributed by atoms with Gasteiger partial charge in [0.2, 0.25) is 23.6 Å². The smallest absolute Gasteiger partial charge is 0.328 e. The first kappa shape index (κ1) is 28.8. The van der Waals surface area contributed by atoms with Crippen LogP contribution in [0.4, 0.5) is 10.5 Å². The number of imide groups is 4. The second kappa shape index (κ2) is 10.3. The van der Waals surface area contributed by atoms with E-state index in [1.807, 2.05) is 6.08 Å². The van der Waals surface area contributed by atoms with Crippen molar-refractivity contribution in [2.45, 2.75) is 24.2 Å². The van der Waals surface area contributed by atoms with Gasteiger partial charge in [0.1, 0.15) is 11.5 Å². The Balaban J connectivity index is 1.53. The Bertz CT molecular complexity index is 1840. The van der Waals surface area contributed by atoms with Crippen LogP contribution in [-0.2, 0) is 24.6 Å². The lowest BCUT2D eigenvalue weighted by molar-refractivity contribution is -0.136. The number of nitrogens with two attached hydrogens (primary N) is 1. The molecule has 2 aliphatic carbocycles. The maximum Gasteiger partial charge on any atom is 0.328 e. The number of urea groups is 1. The van der Waals surface area contributed by atoms with E-state index in [1.54, 1.807) is 60.7 Å². The second-order valence-electron chi connectivity index (χ2n) is 11.9. The van der Waals surface area contributed by atoms with Crippen LogP contribution >= 0.6 is 11.6 Å². The van der Waals surface area contributed by atoms with Gasteiger partial charge < -0.3 is 15.6 Å². The lowest BCUT2D eigenvalue weighted by atomic mass is 9.49. The zero-order valence-corrected chi connectivity index (χ0v) is 24.8. The van der Waals surface area contributed by atoms with E-state index in [0.29, 0.717) is 32.4 Å². The number of amides is 6. The molecular weight excluding hydrogens is 598 g/mol. The number of phenols is 1. The van der Waals surface area contributed by atoms with E-state index in [0.717, 1.165) is 4.90 Å². The van der Waals surface area contributed by atoms with E-state index in [1.165, 1.54) is 19.2 Å². The Morgan fingerprint density at radius 1 is 0.956 bits per heavy atom. The van der Waals surface area contributed by atoms with Gasteiger partial charge in [-0.2, -0.15) is 4.90 Å². The fourth-order valence-electron chi connectivity index (χ4n) is 8.20. The molecule has 6 amide bonds. The number of nitrogens with zero attached hydrogens (tertiary/aromatic N) is 2. The predicted molar refractivity (Wildman–Crippen MR) is 162 cm³/mol. The Kier molecular flexibility index (Phi) is 6.59. The monoisotopic (exact) mass is 625 g/mol. The minimum absolute atomic E-state index is 0.0381. The van der Waals surface area contributed by atoms with Crippen LogP contribution < -0.4 is 15.4 Å². The number of allylic oxidation sites excluding steroid dienone is 2. The number of fused-ring (bicyclic) bond motifs is 4. The van der Waals surface area contributed by atoms with Gasteiger partial charge in [0.05, 0.1) is 36.0 Å². The molecule has 7 rings (SSSR count). The van der Waals surface area contributed by atoms with Crippen molar-refractivity contribution in [3.8, 4) is 11.5 Å². The summed E-state index contributed by atoms with van der Waals surface area (Å²) in [6, 6.07) is 18.9. The highest BCUT2D eigenvalue weighted by molar-refractivity contribution is 6.32. The van der Waals surface area contributed by atoms with Gasteiger partial charge in [-0.15, -0.1) is 0 Å². The fourth-order valence-corrected chi connectivity index (χ4v) is 8.38. The van der Waals surface area contributed by atoms with Gasteiger partial charge in [-0.1, -0.05) is 59.6 Å². The number of anilines is 1. The van der Waals surface area contributed by atoms with Crippen LogP contribution in [0.1, 0.15) is 29.9 Å². The second-order valence-corrected chi connectivity index (χ2v) is 12.3. The van der Waals surface area contributed by atoms with Gasteiger partial charge in [-0.25, -0.2) is 9.69 Å². The first-order valence-electron chi connectivity index (χ1n) is 14.5. The summed E-state index contributed by atoms with van der Waals surface area (Å²) in [6.45, 7) is 0. The topological polar surface area (TPSA) is 147 Å². The van der Waals surface area contributed by atoms with Crippen LogP contribution in [0.25, 0.3) is 0 Å². The van der Waals surface area contributed by atoms with Gasteiger partial charge in [0.25, 0.3) is 0 Å². The third kappa shape index (κ3) is 3.91. The van der Waals surface area contributed by atoms with Gasteiger partial charge in [0, 0.05) is 16.5 Å². The molecule has 11 heteroatoms. The van der Waals surface area contributed by atoms with Crippen LogP contribution in [0.5, 0.6) is 11.5 Å². The summed E-state index contributed by atoms with van der Waals surface area (Å²) in [5.74, 6) is -6.63. The molecule has 2 aliphatic heterocycles. The standard InChI is InChI=1S/C34H28ClN3O7/c1-45-20-10-13-26(39)24(15-20)28-21-11-12-22-27(31(42)38(29(22)40)33(36)44)23(21)16-25-30(41)37(19-9-5-8-18(35)14-19)32(43)34(25,28)17-6-3-2-4-7-17/h2-11,13-15,22-23,25,27-28,39H,12,16H2,1H3,(H2,36,44). The van der Waals surface area contributed by atoms with Gasteiger partial charge in [-0.05, 0) is 60.7 Å². The molecule has 10 nitrogen and oxygen atoms in total. The first-order chi connectivity index (χ1) is 21.6. The average Bonchev–Trinajstić information content (AvgIpc) is 3.42. The number of ether oxygens (including phenoxy) is 1. The summed E-state index contributed by atoms with van der Waals surface area (Å²) in [5.41, 5.74) is 5.69. The molecule has 3 N–H and O–H groups in total. The molecule has 228 valence electrons. The van der Waals surface area contributed by atoms with E-state index in [-0.39, 0.29) is 24.3 Å². The van der Waals surface area contributed by atoms with Gasteiger partial charge in [0.15, 0.2) is 0 Å². The summed E-state index contributed by atoms with van der Waals surface area (Å²) >= 11 is 6.31. The molecule has 6 atom stereocenters. The molecule has 3 fully saturated rings. The number of carbonyl (C=O) groups excluding carboxylic acids is 5. The molecule has 3 aromatic carbocycles. The predicted octanol–water partition coefficient (Wildman–Crippen LogP) is 4.30. The van der Waals surface area contributed by atoms with Crippen LogP contribution in [-0.4, -0.2) is 46.8 Å². The maximum absolute atomic E-state index is 15.1. The van der Waals surface area contributed by atoms with E-state index in [9.17, 15) is 24.3 Å². The molecule has 0 aromatic heterocycles. The number of primary amides is 1. The van der Waals surface area contributed by atoms with E-state index < -0.39 is 64.7 Å². The molecule has 1 saturated carbocycles. The highest BCUT2D eigenvalue weighted by atomic mass is 35.5. The van der Waals surface area contributed by atoms with Crippen molar-refractivity contribution in [1.82, 2.24) is 4.90 Å². The molecular formula is C34H28ClN3O7. The lowest BCUT2D eigenvalue weighted by Crippen LogP contribution is -2.53. The highest BCUT2D eigenvalue weighted by Crippen LogP contribution is 2.65. The van der Waals surface area contributed by atoms with E-state index in [4.69, 9.17) is 22.1 Å². The zero-order valence-electron chi connectivity index (χ0n) is 24.1. The normalized spacial score (nSPS) is 28.8. The summed E-state index contributed by atoms with van der Waals surface area (Å²) in [7, 11) is 1.48. The number of benzene rings is 3. The number of carbonyl (C=O) groups is 5. The minimum atomic E-state index is -1.56. The number of halogens is 1. The first-order valence-corrected chi connectivity index (χ1v) is 14.9. The summed E-state index contributed by atoms with van der Waals surface area (Å²) in [5, 5.41) is 11.8. The van der Waals surface area contributed by atoms with Crippen molar-refractivity contribution in [2.75, 3.05) is 12.0 Å². The Morgan fingerprint density at radius 3 is 2.40 bits per heavy atom. The average molecular weight is 626 g/mol. The van der Waals surface area contributed by atoms with E-state index in [2.05, 4.69) is 0 Å². The van der Waals surface area contributed by atoms with Crippen molar-refractivity contribution in [3.05, 3.63) is 101 Å².